The van der Waals surface area contributed by atoms with E-state index in [4.69, 9.17) is 5.73 Å². The number of nitrogens with zero attached hydrogens (tertiary/aromatic N) is 1. The second kappa shape index (κ2) is 9.36. The van der Waals surface area contributed by atoms with E-state index in [-0.39, 0.29) is 48.5 Å². The van der Waals surface area contributed by atoms with E-state index in [9.17, 15) is 39.6 Å². The second-order valence-electron chi connectivity index (χ2n) is 10.8. The summed E-state index contributed by atoms with van der Waals surface area (Å²) in [7, 11) is 0. The molecule has 6 N–H and O–H groups in total. The number of phenols is 1. The minimum absolute atomic E-state index is 0.0246. The molecular formula is C28H32N2O8. The number of hydrogen-bond donors (Lipinski definition) is 5. The number of rotatable bonds is 5. The van der Waals surface area contributed by atoms with Gasteiger partial charge in [0.2, 0.25) is 5.78 Å². The Hall–Kier alpha value is -3.50. The molecule has 4 atom stereocenters. The van der Waals surface area contributed by atoms with Crippen molar-refractivity contribution in [3.05, 3.63) is 45.7 Å². The molecule has 0 aromatic heterocycles. The molecule has 1 aromatic rings. The molecule has 0 unspecified atom stereocenters. The van der Waals surface area contributed by atoms with Crippen LogP contribution < -0.4 is 5.73 Å². The number of hydrogen-bond acceptors (Lipinski definition) is 9. The minimum Gasteiger partial charge on any atom is -0.508 e. The Labute approximate surface area is 219 Å². The van der Waals surface area contributed by atoms with Gasteiger partial charge in [0.05, 0.1) is 12.1 Å². The highest BCUT2D eigenvalue weighted by Gasteiger charge is 2.63. The van der Waals surface area contributed by atoms with E-state index in [0.29, 0.717) is 11.1 Å². The van der Waals surface area contributed by atoms with Gasteiger partial charge in [0.15, 0.2) is 17.2 Å². The molecule has 202 valence electrons. The fourth-order valence-corrected chi connectivity index (χ4v) is 6.92. The number of aromatic hydroxyl groups is 1. The molecule has 0 spiro atoms. The number of aliphatic hydroxyl groups is 3. The summed E-state index contributed by atoms with van der Waals surface area (Å²) in [6.07, 6.45) is 3.46. The number of carbonyl (C=O) groups is 4. The SMILES string of the molecule is CC[C@@H]1C(=O)C(C(N)=O)=C(O)[C@@]2(O)C(=O)C3=C(O)c4c(O)ccc(C(=O)CN5CCCCC5)c4C[C@H]3C[C@@H]12. The molecule has 2 fully saturated rings. The number of benzene rings is 1. The average molecular weight is 525 g/mol. The van der Waals surface area contributed by atoms with Gasteiger partial charge in [-0.05, 0) is 68.8 Å². The molecule has 1 saturated heterocycles. The van der Waals surface area contributed by atoms with Gasteiger partial charge in [0, 0.05) is 23.0 Å². The van der Waals surface area contributed by atoms with Gasteiger partial charge < -0.3 is 26.2 Å². The van der Waals surface area contributed by atoms with Crippen molar-refractivity contribution in [3.8, 4) is 5.75 Å². The highest BCUT2D eigenvalue weighted by atomic mass is 16.3. The van der Waals surface area contributed by atoms with Gasteiger partial charge in [-0.2, -0.15) is 0 Å². The lowest BCUT2D eigenvalue weighted by Crippen LogP contribution is -2.61. The van der Waals surface area contributed by atoms with Crippen molar-refractivity contribution >= 4 is 29.0 Å². The topological polar surface area (TPSA) is 178 Å². The molecule has 4 aliphatic rings. The molecule has 1 amide bonds. The first-order valence-electron chi connectivity index (χ1n) is 13.1. The summed E-state index contributed by atoms with van der Waals surface area (Å²) in [6.45, 7) is 3.50. The number of piperidine rings is 1. The molecule has 10 heteroatoms. The third-order valence-electron chi connectivity index (χ3n) is 8.78. The molecule has 5 rings (SSSR count). The smallest absolute Gasteiger partial charge is 0.255 e. The molecule has 1 aliphatic heterocycles. The minimum atomic E-state index is -2.63. The predicted molar refractivity (Wildman–Crippen MR) is 135 cm³/mol. The maximum atomic E-state index is 13.8. The zero-order valence-electron chi connectivity index (χ0n) is 21.2. The number of nitrogens with two attached hydrogens (primary N) is 1. The Balaban J connectivity index is 1.62. The van der Waals surface area contributed by atoms with Crippen molar-refractivity contribution in [3.63, 3.8) is 0 Å². The van der Waals surface area contributed by atoms with Crippen LogP contribution in [0.2, 0.25) is 0 Å². The predicted octanol–water partition coefficient (Wildman–Crippen LogP) is 1.73. The third-order valence-corrected chi connectivity index (χ3v) is 8.78. The van der Waals surface area contributed by atoms with Crippen molar-refractivity contribution in [2.24, 2.45) is 23.5 Å². The van der Waals surface area contributed by atoms with Crippen LogP contribution in [0.1, 0.15) is 60.5 Å². The van der Waals surface area contributed by atoms with E-state index in [1.165, 1.54) is 12.1 Å². The van der Waals surface area contributed by atoms with Gasteiger partial charge >= 0.3 is 0 Å². The molecule has 1 heterocycles. The van der Waals surface area contributed by atoms with E-state index in [2.05, 4.69) is 4.90 Å². The Bertz CT molecular complexity index is 1320. The van der Waals surface area contributed by atoms with Gasteiger partial charge in [-0.25, -0.2) is 0 Å². The van der Waals surface area contributed by atoms with Gasteiger partial charge in [-0.3, -0.25) is 24.1 Å². The third kappa shape index (κ3) is 3.69. The molecule has 1 saturated carbocycles. The van der Waals surface area contributed by atoms with Crippen LogP contribution in [0.5, 0.6) is 5.75 Å². The van der Waals surface area contributed by atoms with E-state index in [0.717, 1.165) is 32.4 Å². The summed E-state index contributed by atoms with van der Waals surface area (Å²) in [6, 6.07) is 2.81. The summed E-state index contributed by atoms with van der Waals surface area (Å²) < 4.78 is 0. The highest BCUT2D eigenvalue weighted by molar-refractivity contribution is 6.23. The molecule has 3 aliphatic carbocycles. The van der Waals surface area contributed by atoms with Crippen molar-refractivity contribution in [2.45, 2.75) is 51.0 Å². The summed E-state index contributed by atoms with van der Waals surface area (Å²) in [5.41, 5.74) is 2.34. The Morgan fingerprint density at radius 2 is 1.79 bits per heavy atom. The molecule has 0 radical (unpaired) electrons. The van der Waals surface area contributed by atoms with Crippen molar-refractivity contribution in [2.75, 3.05) is 19.6 Å². The number of phenolic OH excluding ortho intramolecular Hbond substituents is 1. The van der Waals surface area contributed by atoms with Crippen LogP contribution in [0.3, 0.4) is 0 Å². The van der Waals surface area contributed by atoms with Gasteiger partial charge in [0.25, 0.3) is 5.91 Å². The maximum absolute atomic E-state index is 13.8. The highest BCUT2D eigenvalue weighted by Crippen LogP contribution is 2.54. The number of ketones is 3. The number of Topliss-reactive ketones (excluding diaryl/α,β-unsaturated/α-hetero) is 3. The van der Waals surface area contributed by atoms with E-state index in [1.54, 1.807) is 6.92 Å². The zero-order valence-corrected chi connectivity index (χ0v) is 21.2. The first kappa shape index (κ1) is 26.1. The van der Waals surface area contributed by atoms with Crippen LogP contribution >= 0.6 is 0 Å². The molecule has 1 aromatic carbocycles. The fraction of sp³-hybridized carbons (Fsp3) is 0.500. The molecular weight excluding hydrogens is 492 g/mol. The largest absolute Gasteiger partial charge is 0.508 e. The van der Waals surface area contributed by atoms with E-state index < -0.39 is 57.9 Å². The number of primary amides is 1. The maximum Gasteiger partial charge on any atom is 0.255 e. The fourth-order valence-electron chi connectivity index (χ4n) is 6.92. The average Bonchev–Trinajstić information content (AvgIpc) is 2.87. The standard InChI is InChI=1S/C28H32N2O8/c1-2-14-17-11-13-10-16-15(19(32)12-30-8-4-3-5-9-30)6-7-18(31)21(16)24(34)20(13)25(35)28(17,38)26(36)22(23(14)33)27(29)37/h6-7,13-14,17,31,34,36,38H,2-5,8-12H2,1H3,(H2,29,37)/t13-,14-,17-,28-/m0/s1. The van der Waals surface area contributed by atoms with Crippen molar-refractivity contribution < 1.29 is 39.6 Å². The normalized spacial score (nSPS) is 29.6. The number of carbonyl (C=O) groups excluding carboxylic acids is 4. The molecule has 0 bridgehead atoms. The van der Waals surface area contributed by atoms with E-state index in [1.807, 2.05) is 0 Å². The number of likely N-dealkylation sites (tertiary alicyclic amines) is 1. The Kier molecular flexibility index (Phi) is 6.43. The van der Waals surface area contributed by atoms with Gasteiger partial charge in [0.1, 0.15) is 22.8 Å². The summed E-state index contributed by atoms with van der Waals surface area (Å²) in [5.74, 6) is -7.93. The van der Waals surface area contributed by atoms with E-state index >= 15 is 0 Å². The Morgan fingerprint density at radius 1 is 1.11 bits per heavy atom. The summed E-state index contributed by atoms with van der Waals surface area (Å²) >= 11 is 0. The lowest BCUT2D eigenvalue weighted by atomic mass is 9.55. The van der Waals surface area contributed by atoms with Crippen LogP contribution in [0.15, 0.2) is 29.0 Å². The van der Waals surface area contributed by atoms with Crippen LogP contribution in [-0.2, 0) is 20.8 Å². The lowest BCUT2D eigenvalue weighted by Gasteiger charge is -2.49. The molecule has 38 heavy (non-hydrogen) atoms. The number of aliphatic hydroxyl groups excluding tert-OH is 2. The lowest BCUT2D eigenvalue weighted by molar-refractivity contribution is -0.153. The number of fused-ring (bicyclic) bond motifs is 3. The summed E-state index contributed by atoms with van der Waals surface area (Å²) in [5, 5.41) is 44.4. The van der Waals surface area contributed by atoms with Crippen LogP contribution in [-0.4, -0.2) is 73.8 Å². The van der Waals surface area contributed by atoms with Gasteiger partial charge in [-0.1, -0.05) is 13.3 Å². The van der Waals surface area contributed by atoms with Crippen molar-refractivity contribution in [1.82, 2.24) is 4.90 Å². The summed E-state index contributed by atoms with van der Waals surface area (Å²) in [4.78, 5) is 54.2. The number of amides is 1. The van der Waals surface area contributed by atoms with Crippen molar-refractivity contribution in [1.29, 1.82) is 0 Å². The quantitative estimate of drug-likeness (QED) is 0.283. The second-order valence-corrected chi connectivity index (χ2v) is 10.8. The molecule has 10 nitrogen and oxygen atoms in total. The zero-order chi connectivity index (χ0) is 27.5. The van der Waals surface area contributed by atoms with Crippen LogP contribution in [0, 0.1) is 17.8 Å². The van der Waals surface area contributed by atoms with Gasteiger partial charge in [-0.15, -0.1) is 0 Å². The first-order chi connectivity index (χ1) is 18.0. The first-order valence-corrected chi connectivity index (χ1v) is 13.1. The van der Waals surface area contributed by atoms with Crippen LogP contribution in [0.4, 0.5) is 0 Å². The Morgan fingerprint density at radius 3 is 2.42 bits per heavy atom. The van der Waals surface area contributed by atoms with Crippen LogP contribution in [0.25, 0.3) is 5.76 Å². The monoisotopic (exact) mass is 524 g/mol.